The van der Waals surface area contributed by atoms with Gasteiger partial charge in [-0.3, -0.25) is 9.36 Å². The molecule has 0 bridgehead atoms. The summed E-state index contributed by atoms with van der Waals surface area (Å²) < 4.78 is 21.1. The minimum absolute atomic E-state index is 0.0871. The number of anilines is 1. The van der Waals surface area contributed by atoms with E-state index < -0.39 is 11.4 Å². The van der Waals surface area contributed by atoms with Gasteiger partial charge in [-0.1, -0.05) is 18.5 Å². The Bertz CT molecular complexity index is 1290. The first-order valence-corrected chi connectivity index (χ1v) is 11.2. The number of nitrogens with zero attached hydrogens (tertiary/aromatic N) is 5. The fourth-order valence-corrected chi connectivity index (χ4v) is 4.69. The zero-order valence-electron chi connectivity index (χ0n) is 17.9. The van der Waals surface area contributed by atoms with Crippen molar-refractivity contribution in [2.45, 2.75) is 13.3 Å². The highest BCUT2D eigenvalue weighted by Gasteiger charge is 2.56. The molecule has 0 N–H and O–H groups in total. The molecule has 1 saturated carbocycles. The Morgan fingerprint density at radius 1 is 1.24 bits per heavy atom. The molecule has 5 rings (SSSR count). The van der Waals surface area contributed by atoms with Crippen molar-refractivity contribution in [1.29, 1.82) is 5.26 Å². The zero-order valence-corrected chi connectivity index (χ0v) is 18.7. The maximum Gasteiger partial charge on any atom is 0.258 e. The number of benzene rings is 1. The Hall–Kier alpha value is -3.44. The first kappa shape index (κ1) is 21.4. The highest BCUT2D eigenvalue weighted by molar-refractivity contribution is 6.31. The second-order valence-electron chi connectivity index (χ2n) is 8.42. The number of aryl methyl sites for hydroxylation is 1. The minimum Gasteiger partial charge on any atom is -0.491 e. The molecule has 3 heterocycles. The lowest BCUT2D eigenvalue weighted by atomic mass is 10.2. The highest BCUT2D eigenvalue weighted by Crippen LogP contribution is 2.52. The van der Waals surface area contributed by atoms with Crippen LogP contribution in [0, 0.1) is 34.9 Å². The summed E-state index contributed by atoms with van der Waals surface area (Å²) in [6, 6.07) is 7.02. The van der Waals surface area contributed by atoms with Crippen molar-refractivity contribution in [3.05, 3.63) is 75.2 Å². The monoisotopic (exact) mass is 465 g/mol. The predicted molar refractivity (Wildman–Crippen MR) is 121 cm³/mol. The molecule has 0 amide bonds. The van der Waals surface area contributed by atoms with Gasteiger partial charge in [-0.25, -0.2) is 14.4 Å². The van der Waals surface area contributed by atoms with E-state index in [2.05, 4.69) is 21.8 Å². The first-order chi connectivity index (χ1) is 16.0. The average Bonchev–Trinajstić information content (AvgIpc) is 3.27. The number of pyridine rings is 1. The van der Waals surface area contributed by atoms with Crippen LogP contribution in [0.25, 0.3) is 5.69 Å². The number of aromatic nitrogens is 3. The fraction of sp³-hybridized carbons (Fsp3) is 0.333. The van der Waals surface area contributed by atoms with Gasteiger partial charge in [-0.15, -0.1) is 0 Å². The number of halogens is 2. The van der Waals surface area contributed by atoms with E-state index in [-0.39, 0.29) is 16.3 Å². The van der Waals surface area contributed by atoms with Crippen LogP contribution in [0.3, 0.4) is 0 Å². The van der Waals surface area contributed by atoms with Crippen LogP contribution in [0.15, 0.2) is 47.7 Å². The molecule has 0 radical (unpaired) electrons. The Labute approximate surface area is 195 Å². The van der Waals surface area contributed by atoms with Crippen molar-refractivity contribution in [3.63, 3.8) is 0 Å². The largest absolute Gasteiger partial charge is 0.491 e. The quantitative estimate of drug-likeness (QED) is 0.553. The third-order valence-electron chi connectivity index (χ3n) is 6.51. The number of ether oxygens (including phenoxy) is 1. The van der Waals surface area contributed by atoms with Crippen LogP contribution in [0.5, 0.6) is 5.75 Å². The third-order valence-corrected chi connectivity index (χ3v) is 6.79. The summed E-state index contributed by atoms with van der Waals surface area (Å²) in [6.07, 6.45) is 6.09. The van der Waals surface area contributed by atoms with Gasteiger partial charge in [-0.05, 0) is 42.0 Å². The Morgan fingerprint density at radius 3 is 2.61 bits per heavy atom. The number of fused-ring (bicyclic) bond motifs is 1. The van der Waals surface area contributed by atoms with E-state index in [1.807, 2.05) is 12.4 Å². The van der Waals surface area contributed by atoms with Crippen molar-refractivity contribution < 1.29 is 9.13 Å². The van der Waals surface area contributed by atoms with Gasteiger partial charge >= 0.3 is 0 Å². The standard InChI is InChI=1S/C24H21ClFN5O2/c1-2-14-8-28-24(29-9-14)30-10-17-18(11-30)19(17)13-33-22-6-23(32)31(12-20(22)25)16-4-3-15(7-27)21(26)5-16/h3-6,8-9,12,17-19H,2,10-11,13H2,1H3/t17-,18?,19+/m1/s1. The van der Waals surface area contributed by atoms with E-state index in [9.17, 15) is 9.18 Å². The van der Waals surface area contributed by atoms with Crippen molar-refractivity contribution >= 4 is 17.5 Å². The molecule has 2 fully saturated rings. The minimum atomic E-state index is -0.695. The van der Waals surface area contributed by atoms with Crippen LogP contribution in [-0.2, 0) is 6.42 Å². The van der Waals surface area contributed by atoms with Crippen molar-refractivity contribution in [2.75, 3.05) is 24.6 Å². The molecule has 0 spiro atoms. The summed E-state index contributed by atoms with van der Waals surface area (Å²) in [5, 5.41) is 9.13. The smallest absolute Gasteiger partial charge is 0.258 e. The molecule has 1 aliphatic heterocycles. The maximum atomic E-state index is 13.9. The van der Waals surface area contributed by atoms with E-state index in [1.165, 1.54) is 29.0 Å². The molecule has 1 unspecified atom stereocenters. The second-order valence-corrected chi connectivity index (χ2v) is 8.83. The van der Waals surface area contributed by atoms with Crippen LogP contribution in [0.1, 0.15) is 18.1 Å². The summed E-state index contributed by atoms with van der Waals surface area (Å²) in [4.78, 5) is 23.7. The summed E-state index contributed by atoms with van der Waals surface area (Å²) in [7, 11) is 0. The van der Waals surface area contributed by atoms with Gasteiger partial charge in [-0.2, -0.15) is 5.26 Å². The lowest BCUT2D eigenvalue weighted by molar-refractivity contribution is 0.282. The van der Waals surface area contributed by atoms with Crippen LogP contribution in [0.4, 0.5) is 10.3 Å². The summed E-state index contributed by atoms with van der Waals surface area (Å²) in [6.45, 7) is 4.34. The molecule has 3 aromatic rings. The zero-order chi connectivity index (χ0) is 23.1. The van der Waals surface area contributed by atoms with E-state index in [4.69, 9.17) is 21.6 Å². The first-order valence-electron chi connectivity index (χ1n) is 10.8. The summed E-state index contributed by atoms with van der Waals surface area (Å²) in [5.74, 6) is 1.82. The molecule has 168 valence electrons. The van der Waals surface area contributed by atoms with Gasteiger partial charge in [0, 0.05) is 43.7 Å². The van der Waals surface area contributed by atoms with Crippen molar-refractivity contribution in [2.24, 2.45) is 17.8 Å². The Morgan fingerprint density at radius 2 is 1.97 bits per heavy atom. The normalized spacial score (nSPS) is 20.9. The number of nitriles is 1. The Balaban J connectivity index is 1.21. The van der Waals surface area contributed by atoms with Gasteiger partial charge in [0.1, 0.15) is 17.6 Å². The molecule has 2 aromatic heterocycles. The van der Waals surface area contributed by atoms with E-state index in [0.29, 0.717) is 30.1 Å². The van der Waals surface area contributed by atoms with E-state index in [0.717, 1.165) is 37.1 Å². The highest BCUT2D eigenvalue weighted by atomic mass is 35.5. The summed E-state index contributed by atoms with van der Waals surface area (Å²) >= 11 is 6.35. The number of piperidine rings is 1. The third kappa shape index (κ3) is 4.05. The second kappa shape index (κ2) is 8.49. The SMILES string of the molecule is CCc1cnc(N2CC3[C@@H](COc4cc(=O)n(-c5ccc(C#N)c(F)c5)cc4Cl)[C@@H]3C2)nc1. The van der Waals surface area contributed by atoms with Crippen LogP contribution >= 0.6 is 11.6 Å². The van der Waals surface area contributed by atoms with Gasteiger partial charge in [0.2, 0.25) is 5.95 Å². The number of hydrogen-bond acceptors (Lipinski definition) is 6. The van der Waals surface area contributed by atoms with Crippen LogP contribution in [-0.4, -0.2) is 34.2 Å². The molecular weight excluding hydrogens is 445 g/mol. The Kier molecular flexibility index (Phi) is 5.51. The lowest BCUT2D eigenvalue weighted by Crippen LogP contribution is -2.27. The maximum absolute atomic E-state index is 13.9. The average molecular weight is 466 g/mol. The van der Waals surface area contributed by atoms with Crippen LogP contribution < -0.4 is 15.2 Å². The van der Waals surface area contributed by atoms with Gasteiger partial charge in [0.25, 0.3) is 5.56 Å². The van der Waals surface area contributed by atoms with Gasteiger partial charge in [0.15, 0.2) is 0 Å². The predicted octanol–water partition coefficient (Wildman–Crippen LogP) is 3.62. The molecule has 1 aromatic carbocycles. The fourth-order valence-electron chi connectivity index (χ4n) is 4.49. The number of hydrogen-bond donors (Lipinski definition) is 0. The molecule has 9 heteroatoms. The number of rotatable bonds is 6. The molecule has 7 nitrogen and oxygen atoms in total. The van der Waals surface area contributed by atoms with Gasteiger partial charge in [0.05, 0.1) is 22.9 Å². The van der Waals surface area contributed by atoms with Crippen molar-refractivity contribution in [3.8, 4) is 17.5 Å². The topological polar surface area (TPSA) is 84.0 Å². The molecule has 2 aliphatic rings. The van der Waals surface area contributed by atoms with Crippen molar-refractivity contribution in [1.82, 2.24) is 14.5 Å². The summed E-state index contributed by atoms with van der Waals surface area (Å²) in [5.41, 5.74) is 0.928. The molecular formula is C24H21ClFN5O2. The lowest BCUT2D eigenvalue weighted by Gasteiger charge is -2.20. The van der Waals surface area contributed by atoms with Gasteiger partial charge < -0.3 is 9.64 Å². The molecule has 1 saturated heterocycles. The van der Waals surface area contributed by atoms with Crippen LogP contribution in [0.2, 0.25) is 5.02 Å². The molecule has 3 atom stereocenters. The molecule has 1 aliphatic carbocycles. The molecule has 33 heavy (non-hydrogen) atoms. The van der Waals surface area contributed by atoms with E-state index in [1.54, 1.807) is 6.07 Å². The van der Waals surface area contributed by atoms with E-state index >= 15 is 0 Å².